The van der Waals surface area contributed by atoms with E-state index < -0.39 is 0 Å². The van der Waals surface area contributed by atoms with Gasteiger partial charge in [0.2, 0.25) is 5.91 Å². The lowest BCUT2D eigenvalue weighted by Crippen LogP contribution is -2.43. The molecule has 0 saturated heterocycles. The molecule has 1 saturated carbocycles. The molecule has 7 heteroatoms. The maximum absolute atomic E-state index is 13.7. The molecule has 1 unspecified atom stereocenters. The molecule has 2 amide bonds. The monoisotopic (exact) mass is 552 g/mol. The fourth-order valence-electron chi connectivity index (χ4n) is 6.15. The van der Waals surface area contributed by atoms with Gasteiger partial charge in [-0.1, -0.05) is 48.7 Å². The van der Waals surface area contributed by atoms with E-state index in [0.29, 0.717) is 23.8 Å². The van der Waals surface area contributed by atoms with Gasteiger partial charge in [-0.05, 0) is 79.3 Å². The molecule has 212 valence electrons. The van der Waals surface area contributed by atoms with E-state index in [1.54, 1.807) is 36.4 Å². The first kappa shape index (κ1) is 26.9. The summed E-state index contributed by atoms with van der Waals surface area (Å²) in [6.07, 6.45) is 6.65. The number of amides is 2. The molecular formula is C34H36N2O5. The van der Waals surface area contributed by atoms with Crippen molar-refractivity contribution in [3.63, 3.8) is 0 Å². The Morgan fingerprint density at radius 3 is 2.63 bits per heavy atom. The molecule has 0 radical (unpaired) electrons. The molecule has 4 aromatic rings. The van der Waals surface area contributed by atoms with Crippen molar-refractivity contribution in [2.75, 3.05) is 13.6 Å². The van der Waals surface area contributed by atoms with Crippen molar-refractivity contribution in [3.05, 3.63) is 113 Å². The molecule has 7 nitrogen and oxygen atoms in total. The lowest BCUT2D eigenvalue weighted by Gasteiger charge is -2.39. The number of fused-ring (bicyclic) bond motifs is 1. The third-order valence-corrected chi connectivity index (χ3v) is 8.26. The highest BCUT2D eigenvalue weighted by Crippen LogP contribution is 2.40. The molecule has 41 heavy (non-hydrogen) atoms. The lowest BCUT2D eigenvalue weighted by molar-refractivity contribution is -0.137. The Labute approximate surface area is 240 Å². The standard InChI is InChI=1S/C34H36N2O5/c1-23-7-5-10-26(19-23)32-30-20-27(13-12-24(30)16-17-36(32)33(37)25-8-3-4-9-25)40-22-29-14-15-31(41-29)34(38)35(2)21-28-11-6-18-39-28/h5-7,10-15,18-20,25,32H,3-4,8-9,16-17,21-22H2,1-2H3. The first-order valence-electron chi connectivity index (χ1n) is 14.5. The minimum Gasteiger partial charge on any atom is -0.486 e. The normalized spacial score (nSPS) is 16.9. The van der Waals surface area contributed by atoms with Gasteiger partial charge in [-0.2, -0.15) is 0 Å². The second-order valence-electron chi connectivity index (χ2n) is 11.2. The van der Waals surface area contributed by atoms with Gasteiger partial charge in [0.05, 0.1) is 18.8 Å². The molecule has 6 rings (SSSR count). The van der Waals surface area contributed by atoms with E-state index in [0.717, 1.165) is 49.8 Å². The van der Waals surface area contributed by atoms with Crippen molar-refractivity contribution in [3.8, 4) is 5.75 Å². The minimum atomic E-state index is -0.227. The maximum Gasteiger partial charge on any atom is 0.289 e. The molecule has 2 aliphatic rings. The van der Waals surface area contributed by atoms with Crippen LogP contribution in [0.2, 0.25) is 0 Å². The average molecular weight is 553 g/mol. The maximum atomic E-state index is 13.7. The van der Waals surface area contributed by atoms with Crippen LogP contribution in [0.25, 0.3) is 0 Å². The Morgan fingerprint density at radius 2 is 1.85 bits per heavy atom. The zero-order chi connectivity index (χ0) is 28.3. The molecule has 1 aliphatic carbocycles. The quantitative estimate of drug-likeness (QED) is 0.243. The van der Waals surface area contributed by atoms with Crippen LogP contribution in [-0.4, -0.2) is 35.2 Å². The van der Waals surface area contributed by atoms with Crippen molar-refractivity contribution in [1.29, 1.82) is 0 Å². The van der Waals surface area contributed by atoms with Crippen LogP contribution in [0.3, 0.4) is 0 Å². The number of aryl methyl sites for hydroxylation is 1. The molecular weight excluding hydrogens is 516 g/mol. The Morgan fingerprint density at radius 1 is 1.00 bits per heavy atom. The topological polar surface area (TPSA) is 76.1 Å². The molecule has 2 aromatic carbocycles. The van der Waals surface area contributed by atoms with Gasteiger partial charge < -0.3 is 23.4 Å². The summed E-state index contributed by atoms with van der Waals surface area (Å²) < 4.78 is 17.3. The second kappa shape index (κ2) is 11.7. The predicted molar refractivity (Wildman–Crippen MR) is 154 cm³/mol. The van der Waals surface area contributed by atoms with Gasteiger partial charge >= 0.3 is 0 Å². The Hall–Kier alpha value is -4.26. The van der Waals surface area contributed by atoms with Gasteiger partial charge in [0.1, 0.15) is 23.9 Å². The summed E-state index contributed by atoms with van der Waals surface area (Å²) in [7, 11) is 1.71. The summed E-state index contributed by atoms with van der Waals surface area (Å²) in [6, 6.07) is 21.6. The summed E-state index contributed by atoms with van der Waals surface area (Å²) in [6.45, 7) is 3.36. The number of benzene rings is 2. The van der Waals surface area contributed by atoms with Crippen molar-refractivity contribution >= 4 is 11.8 Å². The Balaban J connectivity index is 1.20. The van der Waals surface area contributed by atoms with Crippen LogP contribution in [0.5, 0.6) is 5.75 Å². The van der Waals surface area contributed by atoms with Crippen LogP contribution in [0.15, 0.2) is 81.8 Å². The van der Waals surface area contributed by atoms with Gasteiger partial charge in [-0.15, -0.1) is 0 Å². The van der Waals surface area contributed by atoms with E-state index >= 15 is 0 Å². The van der Waals surface area contributed by atoms with Gasteiger partial charge in [-0.3, -0.25) is 9.59 Å². The fraction of sp³-hybridized carbons (Fsp3) is 0.353. The molecule has 1 atom stereocenters. The zero-order valence-corrected chi connectivity index (χ0v) is 23.7. The number of hydrogen-bond donors (Lipinski definition) is 0. The van der Waals surface area contributed by atoms with E-state index in [2.05, 4.69) is 48.2 Å². The molecule has 2 aromatic heterocycles. The fourth-order valence-corrected chi connectivity index (χ4v) is 6.15. The number of furan rings is 2. The van der Waals surface area contributed by atoms with E-state index in [-0.39, 0.29) is 36.1 Å². The predicted octanol–water partition coefficient (Wildman–Crippen LogP) is 6.70. The third kappa shape index (κ3) is 5.80. The van der Waals surface area contributed by atoms with Gasteiger partial charge in [0, 0.05) is 19.5 Å². The van der Waals surface area contributed by atoms with Crippen LogP contribution in [0, 0.1) is 12.8 Å². The average Bonchev–Trinajstić information content (AvgIpc) is 3.78. The smallest absolute Gasteiger partial charge is 0.289 e. The molecule has 1 aliphatic heterocycles. The molecule has 1 fully saturated rings. The van der Waals surface area contributed by atoms with E-state index in [9.17, 15) is 9.59 Å². The molecule has 0 bridgehead atoms. The van der Waals surface area contributed by atoms with Crippen LogP contribution < -0.4 is 4.74 Å². The van der Waals surface area contributed by atoms with Crippen LogP contribution in [0.1, 0.15) is 76.1 Å². The third-order valence-electron chi connectivity index (χ3n) is 8.26. The van der Waals surface area contributed by atoms with Crippen molar-refractivity contribution in [2.45, 2.75) is 58.2 Å². The largest absolute Gasteiger partial charge is 0.486 e. The van der Waals surface area contributed by atoms with Crippen LogP contribution in [-0.2, 0) is 24.4 Å². The van der Waals surface area contributed by atoms with E-state index in [4.69, 9.17) is 13.6 Å². The van der Waals surface area contributed by atoms with Gasteiger partial charge in [0.15, 0.2) is 5.76 Å². The number of carbonyl (C=O) groups excluding carboxylic acids is 2. The zero-order valence-electron chi connectivity index (χ0n) is 23.7. The highest BCUT2D eigenvalue weighted by atomic mass is 16.5. The van der Waals surface area contributed by atoms with Crippen LogP contribution in [0.4, 0.5) is 0 Å². The highest BCUT2D eigenvalue weighted by Gasteiger charge is 2.36. The number of nitrogens with zero attached hydrogens (tertiary/aromatic N) is 2. The second-order valence-corrected chi connectivity index (χ2v) is 11.2. The summed E-state index contributed by atoms with van der Waals surface area (Å²) in [5.41, 5.74) is 4.65. The summed E-state index contributed by atoms with van der Waals surface area (Å²) in [5.74, 6) is 2.39. The van der Waals surface area contributed by atoms with Crippen LogP contribution >= 0.6 is 0 Å². The van der Waals surface area contributed by atoms with E-state index in [1.807, 2.05) is 12.1 Å². The van der Waals surface area contributed by atoms with Crippen molar-refractivity contribution in [2.24, 2.45) is 5.92 Å². The summed E-state index contributed by atoms with van der Waals surface area (Å²) >= 11 is 0. The van der Waals surface area contributed by atoms with Gasteiger partial charge in [0.25, 0.3) is 5.91 Å². The van der Waals surface area contributed by atoms with Crippen molar-refractivity contribution < 1.29 is 23.2 Å². The number of carbonyl (C=O) groups is 2. The minimum absolute atomic E-state index is 0.122. The highest BCUT2D eigenvalue weighted by molar-refractivity contribution is 5.91. The number of rotatable bonds is 8. The first-order chi connectivity index (χ1) is 20.0. The SMILES string of the molecule is Cc1cccc(C2c3cc(OCc4ccc(C(=O)N(C)Cc5ccco5)o4)ccc3CCN2C(=O)C2CCCC2)c1. The Bertz CT molecular complexity index is 1520. The first-order valence-corrected chi connectivity index (χ1v) is 14.5. The molecule has 0 spiro atoms. The van der Waals surface area contributed by atoms with Crippen molar-refractivity contribution in [1.82, 2.24) is 9.80 Å². The lowest BCUT2D eigenvalue weighted by atomic mass is 9.86. The summed E-state index contributed by atoms with van der Waals surface area (Å²) in [5, 5.41) is 0. The molecule has 0 N–H and O–H groups in total. The van der Waals surface area contributed by atoms with Gasteiger partial charge in [-0.25, -0.2) is 0 Å². The summed E-state index contributed by atoms with van der Waals surface area (Å²) in [4.78, 5) is 30.2. The molecule has 3 heterocycles. The number of hydrogen-bond acceptors (Lipinski definition) is 5. The number of ether oxygens (including phenoxy) is 1. The van der Waals surface area contributed by atoms with E-state index in [1.165, 1.54) is 11.1 Å². The Kier molecular flexibility index (Phi) is 7.68.